The molecular weight excluding hydrogens is 292 g/mol. The van der Waals surface area contributed by atoms with E-state index in [-0.39, 0.29) is 12.3 Å². The molecule has 2 rings (SSSR count). The minimum absolute atomic E-state index is 0.255. The van der Waals surface area contributed by atoms with E-state index < -0.39 is 6.03 Å². The number of imide groups is 1. The van der Waals surface area contributed by atoms with Gasteiger partial charge in [0, 0.05) is 38.3 Å². The standard InChI is InChI=1S/C17H26N4O2/c1-20(12-9-16(22)19-17(18)23)13-14-5-7-15(8-6-14)21-10-3-2-4-11-21/h5-8H,2-4,9-13H2,1H3,(H3,18,19,22,23). The quantitative estimate of drug-likeness (QED) is 0.837. The molecule has 6 heteroatoms. The van der Waals surface area contributed by atoms with E-state index in [9.17, 15) is 9.59 Å². The van der Waals surface area contributed by atoms with Gasteiger partial charge in [-0.05, 0) is 44.0 Å². The summed E-state index contributed by atoms with van der Waals surface area (Å²) in [6.07, 6.45) is 4.14. The number of nitrogens with zero attached hydrogens (tertiary/aromatic N) is 2. The van der Waals surface area contributed by atoms with E-state index in [0.717, 1.165) is 19.6 Å². The number of urea groups is 1. The van der Waals surface area contributed by atoms with Crippen molar-refractivity contribution in [3.8, 4) is 0 Å². The second-order valence-corrected chi connectivity index (χ2v) is 6.11. The summed E-state index contributed by atoms with van der Waals surface area (Å²) in [4.78, 5) is 26.5. The number of hydrogen-bond acceptors (Lipinski definition) is 4. The first-order chi connectivity index (χ1) is 11.0. The molecule has 1 heterocycles. The molecule has 0 atom stereocenters. The zero-order chi connectivity index (χ0) is 16.7. The van der Waals surface area contributed by atoms with Crippen LogP contribution >= 0.6 is 0 Å². The number of carbonyl (C=O) groups is 2. The molecule has 1 aliphatic heterocycles. The smallest absolute Gasteiger partial charge is 0.318 e. The van der Waals surface area contributed by atoms with E-state index in [2.05, 4.69) is 39.4 Å². The number of piperidine rings is 1. The van der Waals surface area contributed by atoms with Crippen molar-refractivity contribution in [1.82, 2.24) is 10.2 Å². The highest BCUT2D eigenvalue weighted by molar-refractivity contribution is 5.93. The molecule has 0 spiro atoms. The fraction of sp³-hybridized carbons (Fsp3) is 0.529. The van der Waals surface area contributed by atoms with Gasteiger partial charge >= 0.3 is 6.03 Å². The first kappa shape index (κ1) is 17.3. The lowest BCUT2D eigenvalue weighted by atomic mass is 10.1. The van der Waals surface area contributed by atoms with Gasteiger partial charge in [0.1, 0.15) is 0 Å². The predicted octanol–water partition coefficient (Wildman–Crippen LogP) is 1.69. The maximum absolute atomic E-state index is 11.4. The van der Waals surface area contributed by atoms with Crippen LogP contribution < -0.4 is 16.0 Å². The van der Waals surface area contributed by atoms with Crippen molar-refractivity contribution in [2.24, 2.45) is 5.73 Å². The van der Waals surface area contributed by atoms with Gasteiger partial charge in [-0.1, -0.05) is 12.1 Å². The topological polar surface area (TPSA) is 78.7 Å². The third-order valence-electron chi connectivity index (χ3n) is 4.09. The minimum Gasteiger partial charge on any atom is -0.372 e. The Balaban J connectivity index is 1.78. The van der Waals surface area contributed by atoms with Crippen LogP contribution in [0.1, 0.15) is 31.2 Å². The Bertz CT molecular complexity index is 524. The Labute approximate surface area is 137 Å². The first-order valence-corrected chi connectivity index (χ1v) is 8.16. The highest BCUT2D eigenvalue weighted by Crippen LogP contribution is 2.20. The number of carbonyl (C=O) groups excluding carboxylic acids is 2. The van der Waals surface area contributed by atoms with Crippen molar-refractivity contribution >= 4 is 17.6 Å². The lowest BCUT2D eigenvalue weighted by Gasteiger charge is -2.29. The fourth-order valence-corrected chi connectivity index (χ4v) is 2.85. The van der Waals surface area contributed by atoms with Gasteiger partial charge in [-0.25, -0.2) is 4.79 Å². The predicted molar refractivity (Wildman–Crippen MR) is 91.2 cm³/mol. The Morgan fingerprint density at radius 2 is 1.83 bits per heavy atom. The van der Waals surface area contributed by atoms with Crippen molar-refractivity contribution in [3.05, 3.63) is 29.8 Å². The summed E-state index contributed by atoms with van der Waals surface area (Å²) in [5, 5.41) is 2.07. The Morgan fingerprint density at radius 1 is 1.17 bits per heavy atom. The minimum atomic E-state index is -0.800. The zero-order valence-electron chi connectivity index (χ0n) is 13.8. The second kappa shape index (κ2) is 8.53. The maximum Gasteiger partial charge on any atom is 0.318 e. The third-order valence-corrected chi connectivity index (χ3v) is 4.09. The summed E-state index contributed by atoms with van der Waals surface area (Å²) >= 11 is 0. The Morgan fingerprint density at radius 3 is 2.43 bits per heavy atom. The summed E-state index contributed by atoms with van der Waals surface area (Å²) in [5.74, 6) is -0.343. The molecule has 1 saturated heterocycles. The Hall–Kier alpha value is -2.08. The molecule has 1 aliphatic rings. The Kier molecular flexibility index (Phi) is 6.40. The number of primary amides is 1. The van der Waals surface area contributed by atoms with Gasteiger partial charge in [0.05, 0.1) is 0 Å². The van der Waals surface area contributed by atoms with Gasteiger partial charge < -0.3 is 15.5 Å². The lowest BCUT2D eigenvalue weighted by Crippen LogP contribution is -2.36. The van der Waals surface area contributed by atoms with Gasteiger partial charge in [0.15, 0.2) is 0 Å². The molecule has 1 aromatic carbocycles. The van der Waals surface area contributed by atoms with E-state index in [0.29, 0.717) is 6.54 Å². The van der Waals surface area contributed by atoms with Crippen molar-refractivity contribution in [1.29, 1.82) is 0 Å². The SMILES string of the molecule is CN(CCC(=O)NC(N)=O)Cc1ccc(N2CCCCC2)cc1. The third kappa shape index (κ3) is 5.90. The molecule has 126 valence electrons. The van der Waals surface area contributed by atoms with Gasteiger partial charge in [-0.3, -0.25) is 10.1 Å². The van der Waals surface area contributed by atoms with E-state index in [1.165, 1.54) is 30.5 Å². The number of nitrogens with two attached hydrogens (primary N) is 1. The molecule has 1 aromatic rings. The molecule has 0 radical (unpaired) electrons. The van der Waals surface area contributed by atoms with E-state index in [4.69, 9.17) is 5.73 Å². The summed E-state index contributed by atoms with van der Waals surface area (Å²) in [7, 11) is 1.95. The molecule has 3 amide bonds. The van der Waals surface area contributed by atoms with Crippen molar-refractivity contribution in [2.75, 3.05) is 31.6 Å². The molecule has 0 aromatic heterocycles. The fourth-order valence-electron chi connectivity index (χ4n) is 2.85. The molecule has 0 aliphatic carbocycles. The van der Waals surface area contributed by atoms with Gasteiger partial charge in [0.25, 0.3) is 0 Å². The molecule has 0 saturated carbocycles. The number of benzene rings is 1. The molecule has 1 fully saturated rings. The number of nitrogens with one attached hydrogen (secondary N) is 1. The largest absolute Gasteiger partial charge is 0.372 e. The molecule has 23 heavy (non-hydrogen) atoms. The zero-order valence-corrected chi connectivity index (χ0v) is 13.8. The van der Waals surface area contributed by atoms with Crippen molar-refractivity contribution in [2.45, 2.75) is 32.2 Å². The monoisotopic (exact) mass is 318 g/mol. The number of amides is 3. The van der Waals surface area contributed by atoms with E-state index >= 15 is 0 Å². The van der Waals surface area contributed by atoms with E-state index in [1.54, 1.807) is 0 Å². The van der Waals surface area contributed by atoms with E-state index in [1.807, 2.05) is 7.05 Å². The summed E-state index contributed by atoms with van der Waals surface area (Å²) < 4.78 is 0. The lowest BCUT2D eigenvalue weighted by molar-refractivity contribution is -0.120. The van der Waals surface area contributed by atoms with Gasteiger partial charge in [-0.2, -0.15) is 0 Å². The number of rotatable bonds is 6. The average molecular weight is 318 g/mol. The maximum atomic E-state index is 11.4. The first-order valence-electron chi connectivity index (χ1n) is 8.16. The van der Waals surface area contributed by atoms with Crippen LogP contribution in [-0.4, -0.2) is 43.5 Å². The van der Waals surface area contributed by atoms with Crippen molar-refractivity contribution in [3.63, 3.8) is 0 Å². The highest BCUT2D eigenvalue weighted by Gasteiger charge is 2.11. The molecule has 3 N–H and O–H groups in total. The molecule has 0 bridgehead atoms. The van der Waals surface area contributed by atoms with Crippen LogP contribution in [0.5, 0.6) is 0 Å². The molecule has 0 unspecified atom stereocenters. The number of anilines is 1. The highest BCUT2D eigenvalue weighted by atomic mass is 16.2. The molecular formula is C17H26N4O2. The number of hydrogen-bond donors (Lipinski definition) is 2. The normalized spacial score (nSPS) is 14.8. The van der Waals surface area contributed by atoms with Crippen LogP contribution in [0.3, 0.4) is 0 Å². The van der Waals surface area contributed by atoms with Crippen LogP contribution in [0.4, 0.5) is 10.5 Å². The summed E-state index contributed by atoms with van der Waals surface area (Å²) in [6, 6.07) is 7.84. The summed E-state index contributed by atoms with van der Waals surface area (Å²) in [6.45, 7) is 3.64. The van der Waals surface area contributed by atoms with Crippen molar-refractivity contribution < 1.29 is 9.59 Å². The van der Waals surface area contributed by atoms with Crippen LogP contribution in [0.2, 0.25) is 0 Å². The van der Waals surface area contributed by atoms with Crippen LogP contribution in [0.15, 0.2) is 24.3 Å². The van der Waals surface area contributed by atoms with Crippen LogP contribution in [0.25, 0.3) is 0 Å². The van der Waals surface area contributed by atoms with Gasteiger partial charge in [0.2, 0.25) is 5.91 Å². The second-order valence-electron chi connectivity index (χ2n) is 6.11. The summed E-state index contributed by atoms with van der Waals surface area (Å²) in [5.41, 5.74) is 7.41. The van der Waals surface area contributed by atoms with Crippen LogP contribution in [0, 0.1) is 0 Å². The van der Waals surface area contributed by atoms with Gasteiger partial charge in [-0.15, -0.1) is 0 Å². The molecule has 6 nitrogen and oxygen atoms in total. The van der Waals surface area contributed by atoms with Crippen LogP contribution in [-0.2, 0) is 11.3 Å². The average Bonchev–Trinajstić information content (AvgIpc) is 2.54.